The van der Waals surface area contributed by atoms with Crippen molar-refractivity contribution in [3.8, 4) is 5.75 Å². The van der Waals surface area contributed by atoms with E-state index in [0.29, 0.717) is 17.0 Å². The molecule has 2 rings (SSSR count). The average Bonchev–Trinajstić information content (AvgIpc) is 2.49. The minimum atomic E-state index is -4.52. The van der Waals surface area contributed by atoms with Crippen LogP contribution in [0.2, 0.25) is 5.02 Å². The third-order valence-corrected chi connectivity index (χ3v) is 3.89. The summed E-state index contributed by atoms with van der Waals surface area (Å²) < 4.78 is 59.9. The van der Waals surface area contributed by atoms with E-state index in [0.717, 1.165) is 6.20 Å². The number of nitrogens with zero attached hydrogens (tertiary/aromatic N) is 1. The van der Waals surface area contributed by atoms with Crippen molar-refractivity contribution in [2.45, 2.75) is 17.1 Å². The standard InChI is InChI=1S/C14H11ClF4N2OS/c1-22-11-6-10(7-20-13(11)16)23-21-12(14(17,18)19)8-2-4-9(15)5-3-8/h2-7,12,21H,1H3. The van der Waals surface area contributed by atoms with E-state index in [1.54, 1.807) is 0 Å². The molecule has 1 atom stereocenters. The van der Waals surface area contributed by atoms with E-state index < -0.39 is 18.2 Å². The molecular weight excluding hydrogens is 356 g/mol. The molecule has 0 spiro atoms. The minimum absolute atomic E-state index is 0.0106. The van der Waals surface area contributed by atoms with Crippen molar-refractivity contribution in [1.82, 2.24) is 9.71 Å². The Morgan fingerprint density at radius 3 is 2.48 bits per heavy atom. The van der Waals surface area contributed by atoms with Crippen LogP contribution in [-0.4, -0.2) is 18.3 Å². The summed E-state index contributed by atoms with van der Waals surface area (Å²) in [6.07, 6.45) is -3.40. The Bertz CT molecular complexity index is 667. The lowest BCUT2D eigenvalue weighted by atomic mass is 10.1. The highest BCUT2D eigenvalue weighted by atomic mass is 35.5. The van der Waals surface area contributed by atoms with E-state index in [1.807, 2.05) is 0 Å². The molecule has 0 bridgehead atoms. The number of ether oxygens (including phenoxy) is 1. The molecule has 9 heteroatoms. The van der Waals surface area contributed by atoms with Crippen LogP contribution in [0.4, 0.5) is 17.6 Å². The summed E-state index contributed by atoms with van der Waals surface area (Å²) in [6.45, 7) is 0. The second-order valence-corrected chi connectivity index (χ2v) is 5.76. The van der Waals surface area contributed by atoms with E-state index in [1.165, 1.54) is 37.4 Å². The molecule has 23 heavy (non-hydrogen) atoms. The van der Waals surface area contributed by atoms with Gasteiger partial charge in [-0.3, -0.25) is 0 Å². The van der Waals surface area contributed by atoms with Gasteiger partial charge >= 0.3 is 6.18 Å². The predicted molar refractivity (Wildman–Crippen MR) is 80.0 cm³/mol. The van der Waals surface area contributed by atoms with Crippen molar-refractivity contribution in [3.05, 3.63) is 53.1 Å². The van der Waals surface area contributed by atoms with Gasteiger partial charge in [-0.1, -0.05) is 23.7 Å². The molecule has 1 N–H and O–H groups in total. The summed E-state index contributed by atoms with van der Waals surface area (Å²) in [5.74, 6) is -0.978. The SMILES string of the molecule is COc1cc(SNC(c2ccc(Cl)cc2)C(F)(F)F)cnc1F. The normalized spacial score (nSPS) is 13.0. The molecule has 0 aliphatic rings. The molecule has 0 saturated heterocycles. The molecule has 1 aromatic carbocycles. The zero-order valence-corrected chi connectivity index (χ0v) is 13.3. The Hall–Kier alpha value is -1.51. The van der Waals surface area contributed by atoms with Crippen molar-refractivity contribution in [2.75, 3.05) is 7.11 Å². The van der Waals surface area contributed by atoms with Gasteiger partial charge < -0.3 is 4.74 Å². The first-order valence-corrected chi connectivity index (χ1v) is 7.45. The number of pyridine rings is 1. The molecule has 1 aromatic heterocycles. The summed E-state index contributed by atoms with van der Waals surface area (Å²) in [4.78, 5) is 3.71. The predicted octanol–water partition coefficient (Wildman–Crippen LogP) is 4.78. The first-order chi connectivity index (χ1) is 10.8. The van der Waals surface area contributed by atoms with Gasteiger partial charge in [0.2, 0.25) is 0 Å². The van der Waals surface area contributed by atoms with Gasteiger partial charge in [0.25, 0.3) is 5.95 Å². The summed E-state index contributed by atoms with van der Waals surface area (Å²) in [6, 6.07) is 4.68. The Kier molecular flexibility index (Phi) is 5.72. The lowest BCUT2D eigenvalue weighted by Gasteiger charge is -2.21. The number of hydrogen-bond donors (Lipinski definition) is 1. The zero-order valence-electron chi connectivity index (χ0n) is 11.7. The lowest BCUT2D eigenvalue weighted by Crippen LogP contribution is -2.30. The van der Waals surface area contributed by atoms with E-state index in [-0.39, 0.29) is 16.2 Å². The molecule has 124 valence electrons. The van der Waals surface area contributed by atoms with Crippen LogP contribution in [-0.2, 0) is 0 Å². The topological polar surface area (TPSA) is 34.1 Å². The maximum Gasteiger partial charge on any atom is 0.408 e. The monoisotopic (exact) mass is 366 g/mol. The highest BCUT2D eigenvalue weighted by molar-refractivity contribution is 7.97. The second kappa shape index (κ2) is 7.37. The van der Waals surface area contributed by atoms with Crippen LogP contribution in [0.1, 0.15) is 11.6 Å². The maximum absolute atomic E-state index is 13.2. The molecule has 1 unspecified atom stereocenters. The molecule has 0 fully saturated rings. The lowest BCUT2D eigenvalue weighted by molar-refractivity contribution is -0.152. The third-order valence-electron chi connectivity index (χ3n) is 2.83. The van der Waals surface area contributed by atoms with E-state index >= 15 is 0 Å². The fraction of sp³-hybridized carbons (Fsp3) is 0.214. The Labute approximate surface area is 139 Å². The molecule has 1 heterocycles. The van der Waals surface area contributed by atoms with E-state index in [4.69, 9.17) is 16.3 Å². The summed E-state index contributed by atoms with van der Waals surface area (Å²) in [5.41, 5.74) is 0.0106. The summed E-state index contributed by atoms with van der Waals surface area (Å²) in [7, 11) is 1.24. The van der Waals surface area contributed by atoms with Crippen LogP contribution in [0.25, 0.3) is 0 Å². The van der Waals surface area contributed by atoms with Crippen LogP contribution in [0.15, 0.2) is 41.4 Å². The number of alkyl halides is 3. The van der Waals surface area contributed by atoms with E-state index in [9.17, 15) is 17.6 Å². The molecule has 0 aliphatic carbocycles. The molecule has 3 nitrogen and oxygen atoms in total. The van der Waals surface area contributed by atoms with Crippen molar-refractivity contribution in [3.63, 3.8) is 0 Å². The number of benzene rings is 1. The zero-order chi connectivity index (χ0) is 17.0. The number of rotatable bonds is 5. The molecule has 0 amide bonds. The largest absolute Gasteiger partial charge is 0.492 e. The van der Waals surface area contributed by atoms with Gasteiger partial charge in [-0.05, 0) is 29.6 Å². The van der Waals surface area contributed by atoms with Gasteiger partial charge in [0.1, 0.15) is 6.04 Å². The number of nitrogens with one attached hydrogen (secondary N) is 1. The van der Waals surface area contributed by atoms with Gasteiger partial charge in [0.15, 0.2) is 5.75 Å². The summed E-state index contributed by atoms with van der Waals surface area (Å²) >= 11 is 6.37. The van der Waals surface area contributed by atoms with Gasteiger partial charge in [0.05, 0.1) is 7.11 Å². The molecular formula is C14H11ClF4N2OS. The van der Waals surface area contributed by atoms with Crippen molar-refractivity contribution in [2.24, 2.45) is 0 Å². The van der Waals surface area contributed by atoms with Crippen LogP contribution >= 0.6 is 23.5 Å². The van der Waals surface area contributed by atoms with Gasteiger partial charge in [-0.25, -0.2) is 9.71 Å². The fourth-order valence-corrected chi connectivity index (χ4v) is 2.64. The van der Waals surface area contributed by atoms with Crippen molar-refractivity contribution in [1.29, 1.82) is 0 Å². The quantitative estimate of drug-likeness (QED) is 0.469. The van der Waals surface area contributed by atoms with Gasteiger partial charge in [-0.2, -0.15) is 17.6 Å². The Balaban J connectivity index is 2.17. The first-order valence-electron chi connectivity index (χ1n) is 6.25. The Morgan fingerprint density at radius 1 is 1.26 bits per heavy atom. The number of halogens is 5. The van der Waals surface area contributed by atoms with Crippen LogP contribution in [0, 0.1) is 5.95 Å². The van der Waals surface area contributed by atoms with Gasteiger partial charge in [0, 0.05) is 22.2 Å². The van der Waals surface area contributed by atoms with Crippen LogP contribution in [0.3, 0.4) is 0 Å². The maximum atomic E-state index is 13.2. The van der Waals surface area contributed by atoms with Gasteiger partial charge in [-0.15, -0.1) is 0 Å². The first kappa shape index (κ1) is 17.8. The third kappa shape index (κ3) is 4.73. The highest BCUT2D eigenvalue weighted by Crippen LogP contribution is 2.36. The molecule has 0 radical (unpaired) electrons. The van der Waals surface area contributed by atoms with Crippen molar-refractivity contribution < 1.29 is 22.3 Å². The average molecular weight is 367 g/mol. The minimum Gasteiger partial charge on any atom is -0.492 e. The number of methoxy groups -OCH3 is 1. The summed E-state index contributed by atoms with van der Waals surface area (Å²) in [5, 5.41) is 0.342. The van der Waals surface area contributed by atoms with E-state index in [2.05, 4.69) is 9.71 Å². The molecule has 2 aromatic rings. The van der Waals surface area contributed by atoms with Crippen molar-refractivity contribution >= 4 is 23.5 Å². The van der Waals surface area contributed by atoms with Crippen LogP contribution in [0.5, 0.6) is 5.75 Å². The highest BCUT2D eigenvalue weighted by Gasteiger charge is 2.40. The molecule has 0 saturated carbocycles. The smallest absolute Gasteiger partial charge is 0.408 e. The second-order valence-electron chi connectivity index (χ2n) is 4.41. The van der Waals surface area contributed by atoms with Crippen LogP contribution < -0.4 is 9.46 Å². The Morgan fingerprint density at radius 2 is 1.91 bits per heavy atom. The molecule has 0 aliphatic heterocycles. The number of aromatic nitrogens is 1. The fourth-order valence-electron chi connectivity index (χ4n) is 1.71. The number of hydrogen-bond acceptors (Lipinski definition) is 4.